The second kappa shape index (κ2) is 33.3. The van der Waals surface area contributed by atoms with Crippen LogP contribution in [-0.2, 0) is 51.3 Å². The van der Waals surface area contributed by atoms with E-state index in [1.165, 1.54) is 27.0 Å². The second-order valence-corrected chi connectivity index (χ2v) is 18.4. The Kier molecular flexibility index (Phi) is 27.1. The number of hydrogen-bond donors (Lipinski definition) is 14. The van der Waals surface area contributed by atoms with E-state index in [2.05, 4.69) is 43.0 Å². The summed E-state index contributed by atoms with van der Waals surface area (Å²) in [7, 11) is 0. The molecular weight excluding hydrogens is 987 g/mol. The first-order chi connectivity index (χ1) is 36.6. The summed E-state index contributed by atoms with van der Waals surface area (Å²) in [6.45, 7) is -1.81. The van der Waals surface area contributed by atoms with Gasteiger partial charge in [-0.1, -0.05) is 72.8 Å². The third kappa shape index (κ3) is 21.5. The highest BCUT2D eigenvalue weighted by atomic mass is 16.3. The van der Waals surface area contributed by atoms with E-state index in [9.17, 15) is 53.7 Å². The van der Waals surface area contributed by atoms with Crippen molar-refractivity contribution in [1.82, 2.24) is 63.0 Å². The molecule has 0 saturated carbocycles. The Balaban J connectivity index is 1.75. The summed E-state index contributed by atoms with van der Waals surface area (Å²) in [5, 5.41) is 48.3. The van der Waals surface area contributed by atoms with Crippen molar-refractivity contribution in [2.75, 3.05) is 78.7 Å². The van der Waals surface area contributed by atoms with Crippen molar-refractivity contribution in [3.05, 3.63) is 83.9 Å². The van der Waals surface area contributed by atoms with Crippen molar-refractivity contribution in [3.63, 3.8) is 0 Å². The average molecular weight is 1060 g/mol. The molecule has 76 heavy (non-hydrogen) atoms. The third-order valence-corrected chi connectivity index (χ3v) is 12.0. The first-order valence-electron chi connectivity index (χ1n) is 25.5. The molecule has 1 heterocycles. The van der Waals surface area contributed by atoms with Crippen molar-refractivity contribution >= 4 is 58.0 Å². The molecule has 26 nitrogen and oxygen atoms in total. The molecular formula is C50H77N15O11. The van der Waals surface area contributed by atoms with Crippen LogP contribution >= 0.6 is 0 Å². The first-order valence-corrected chi connectivity index (χ1v) is 25.5. The lowest BCUT2D eigenvalue weighted by atomic mass is 10.0. The molecule has 5 atom stereocenters. The zero-order valence-electron chi connectivity index (χ0n) is 43.1. The molecule has 1 aliphatic heterocycles. The number of fused-ring (bicyclic) bond motifs is 1. The van der Waals surface area contributed by atoms with E-state index < -0.39 is 117 Å². The normalized spacial score (nSPS) is 21.2. The van der Waals surface area contributed by atoms with Gasteiger partial charge in [0.25, 0.3) is 23.6 Å². The summed E-state index contributed by atoms with van der Waals surface area (Å²) in [4.78, 5) is 111. The Morgan fingerprint density at radius 1 is 0.500 bits per heavy atom. The Morgan fingerprint density at radius 3 is 1.39 bits per heavy atom. The van der Waals surface area contributed by atoms with Crippen LogP contribution in [-0.4, -0.2) is 192 Å². The maximum absolute atomic E-state index is 14.4. The van der Waals surface area contributed by atoms with Gasteiger partial charge in [0.15, 0.2) is 0 Å². The van der Waals surface area contributed by atoms with Gasteiger partial charge >= 0.3 is 0 Å². The molecule has 26 heteroatoms. The van der Waals surface area contributed by atoms with E-state index in [0.29, 0.717) is 56.2 Å². The highest BCUT2D eigenvalue weighted by molar-refractivity contribution is 5.92. The van der Waals surface area contributed by atoms with Gasteiger partial charge in [-0.2, -0.15) is 0 Å². The fraction of sp³-hybridized carbons (Fsp3) is 0.520. The molecule has 1 saturated heterocycles. The number of hydrazine groups is 4. The van der Waals surface area contributed by atoms with E-state index in [1.54, 1.807) is 42.5 Å². The van der Waals surface area contributed by atoms with Crippen LogP contribution < -0.4 is 60.2 Å². The number of hydrogen-bond acceptors (Lipinski definition) is 18. The Labute approximate surface area is 442 Å². The summed E-state index contributed by atoms with van der Waals surface area (Å²) >= 11 is 0. The van der Waals surface area contributed by atoms with Crippen LogP contribution in [0.2, 0.25) is 0 Å². The van der Waals surface area contributed by atoms with Gasteiger partial charge in [-0.25, -0.2) is 20.0 Å². The summed E-state index contributed by atoms with van der Waals surface area (Å²) in [5.41, 5.74) is 29.0. The second-order valence-electron chi connectivity index (χ2n) is 18.4. The van der Waals surface area contributed by atoms with Gasteiger partial charge in [-0.15, -0.1) is 0 Å². The number of aliphatic hydroxyl groups excluding tert-OH is 3. The summed E-state index contributed by atoms with van der Waals surface area (Å²) in [5.74, 6) is -6.70. The van der Waals surface area contributed by atoms with Crippen molar-refractivity contribution < 1.29 is 53.7 Å². The molecule has 1 fully saturated rings. The standard InChI is InChI=1S/C50H77N15O11/c1-34(68)46-50(76)61-64(25-12-9-22-53)29-43(70)55-40(32-66)48(74)59-62(23-10-7-20-51)28-42(69)56-41(33-67)49(75)60-65(27-37-18-13-17-36-16-5-6-19-38(36)37)31-44(71)54-39(26-35-14-3-2-4-15-35)47(73)58-63(24-11-8-21-52)30-45(72)57-46/h2-6,13-19,34,39-41,46,66-68H,7-12,20-33,51-53H2,1H3,(H,54,71)(H,55,70)(H,56,69)(H,57,72)(H,58,73)(H,59,74)(H,60,75)(H,61,76)/t34-,39+,40+,41+,46+/m1/s1. The van der Waals surface area contributed by atoms with Crippen molar-refractivity contribution in [2.45, 2.75) is 88.7 Å². The van der Waals surface area contributed by atoms with Gasteiger partial charge in [-0.3, -0.25) is 60.1 Å². The molecule has 0 spiro atoms. The van der Waals surface area contributed by atoms with E-state index in [1.807, 2.05) is 30.3 Å². The van der Waals surface area contributed by atoms with Crippen LogP contribution in [0.4, 0.5) is 0 Å². The zero-order chi connectivity index (χ0) is 55.4. The smallest absolute Gasteiger partial charge is 0.259 e. The number of carbonyl (C=O) groups excluding carboxylic acids is 8. The molecule has 8 amide bonds. The van der Waals surface area contributed by atoms with Gasteiger partial charge in [0.1, 0.15) is 24.2 Å². The number of benzene rings is 3. The van der Waals surface area contributed by atoms with Crippen LogP contribution in [0, 0.1) is 0 Å². The minimum atomic E-state index is -1.59. The first kappa shape index (κ1) is 61.8. The molecule has 0 bridgehead atoms. The number of carbonyl (C=O) groups is 8. The fourth-order valence-electron chi connectivity index (χ4n) is 8.05. The summed E-state index contributed by atoms with van der Waals surface area (Å²) < 4.78 is 0. The van der Waals surface area contributed by atoms with Gasteiger partial charge in [0, 0.05) is 32.6 Å². The molecule has 0 radical (unpaired) electrons. The predicted molar refractivity (Wildman–Crippen MR) is 280 cm³/mol. The fourth-order valence-corrected chi connectivity index (χ4v) is 8.05. The number of unbranched alkanes of at least 4 members (excludes halogenated alkanes) is 3. The van der Waals surface area contributed by atoms with Crippen LogP contribution in [0.15, 0.2) is 72.8 Å². The molecule has 17 N–H and O–H groups in total. The van der Waals surface area contributed by atoms with E-state index in [4.69, 9.17) is 17.2 Å². The maximum atomic E-state index is 14.4. The Morgan fingerprint density at radius 2 is 0.908 bits per heavy atom. The molecule has 1 aliphatic rings. The van der Waals surface area contributed by atoms with E-state index >= 15 is 0 Å². The van der Waals surface area contributed by atoms with Gasteiger partial charge in [0.2, 0.25) is 23.6 Å². The van der Waals surface area contributed by atoms with Crippen LogP contribution in [0.5, 0.6) is 0 Å². The predicted octanol–water partition coefficient (Wildman–Crippen LogP) is -4.55. The minimum Gasteiger partial charge on any atom is -0.394 e. The largest absolute Gasteiger partial charge is 0.394 e. The Bertz CT molecular complexity index is 2340. The molecule has 0 aliphatic carbocycles. The quantitative estimate of drug-likeness (QED) is 0.0503. The van der Waals surface area contributed by atoms with Gasteiger partial charge < -0.3 is 53.8 Å². The molecule has 3 aromatic carbocycles. The SMILES string of the molecule is C[C@@H](O)[C@@H]1NC(=O)CN(CCCCN)NC(=O)[C@H](Cc2ccccc2)NC(=O)CN(Cc2cccc3ccccc23)NC(=O)[C@H](CO)NC(=O)CN(CCCCN)NC(=O)[C@H](CO)NC(=O)CN(CCCCN)NC1=O. The number of rotatable bonds is 19. The summed E-state index contributed by atoms with van der Waals surface area (Å²) in [6.07, 6.45) is 1.12. The lowest BCUT2D eigenvalue weighted by Gasteiger charge is -2.30. The lowest BCUT2D eigenvalue weighted by molar-refractivity contribution is -0.139. The van der Waals surface area contributed by atoms with E-state index in [0.717, 1.165) is 10.8 Å². The van der Waals surface area contributed by atoms with E-state index in [-0.39, 0.29) is 45.7 Å². The topological polar surface area (TPSA) is 385 Å². The van der Waals surface area contributed by atoms with Crippen LogP contribution in [0.25, 0.3) is 10.8 Å². The highest BCUT2D eigenvalue weighted by Crippen LogP contribution is 2.20. The molecule has 4 rings (SSSR count). The van der Waals surface area contributed by atoms with Crippen molar-refractivity contribution in [1.29, 1.82) is 0 Å². The van der Waals surface area contributed by atoms with Gasteiger partial charge in [0.05, 0.1) is 45.5 Å². The highest BCUT2D eigenvalue weighted by Gasteiger charge is 2.32. The number of nitrogens with zero attached hydrogens (tertiary/aromatic N) is 4. The van der Waals surface area contributed by atoms with Gasteiger partial charge in [-0.05, 0) is 87.0 Å². The number of amides is 8. The van der Waals surface area contributed by atoms with Crippen molar-refractivity contribution in [3.8, 4) is 0 Å². The minimum absolute atomic E-state index is 0.0238. The summed E-state index contributed by atoms with van der Waals surface area (Å²) in [6, 6.07) is 15.7. The number of nitrogens with two attached hydrogens (primary N) is 3. The Hall–Kier alpha value is -6.72. The zero-order valence-corrected chi connectivity index (χ0v) is 43.1. The number of aliphatic hydroxyl groups is 3. The monoisotopic (exact) mass is 1060 g/mol. The molecule has 3 aromatic rings. The third-order valence-electron chi connectivity index (χ3n) is 12.0. The molecule has 0 aromatic heterocycles. The molecule has 0 unspecified atom stereocenters. The maximum Gasteiger partial charge on any atom is 0.259 e. The van der Waals surface area contributed by atoms with Crippen molar-refractivity contribution in [2.24, 2.45) is 17.2 Å². The van der Waals surface area contributed by atoms with Crippen LogP contribution in [0.3, 0.4) is 0 Å². The average Bonchev–Trinajstić information content (AvgIpc) is 3.38. The van der Waals surface area contributed by atoms with Crippen LogP contribution in [0.1, 0.15) is 56.6 Å². The number of nitrogens with one attached hydrogen (secondary N) is 8. The molecule has 418 valence electrons. The lowest BCUT2D eigenvalue weighted by Crippen LogP contribution is -2.61.